The second kappa shape index (κ2) is 9.67. The third kappa shape index (κ3) is 5.73. The second-order valence-electron chi connectivity index (χ2n) is 7.41. The summed E-state index contributed by atoms with van der Waals surface area (Å²) in [5, 5.41) is 6.32. The number of pyridine rings is 1. The number of carbonyl (C=O) groups is 1. The smallest absolute Gasteiger partial charge is 0.261 e. The van der Waals surface area contributed by atoms with E-state index in [1.807, 2.05) is 18.2 Å². The molecule has 2 heterocycles. The van der Waals surface area contributed by atoms with Crippen molar-refractivity contribution in [3.05, 3.63) is 90.4 Å². The average Bonchev–Trinajstić information content (AvgIpc) is 2.80. The van der Waals surface area contributed by atoms with E-state index in [0.29, 0.717) is 34.5 Å². The zero-order valence-corrected chi connectivity index (χ0v) is 19.3. The topological polar surface area (TPSA) is 126 Å². The van der Waals surface area contributed by atoms with E-state index in [1.165, 1.54) is 31.2 Å². The molecule has 34 heavy (non-hydrogen) atoms. The Morgan fingerprint density at radius 3 is 2.06 bits per heavy atom. The Labute approximate surface area is 197 Å². The highest BCUT2D eigenvalue weighted by Gasteiger charge is 2.14. The zero-order chi connectivity index (χ0) is 24.1. The third-order valence-corrected chi connectivity index (χ3v) is 6.14. The van der Waals surface area contributed by atoms with Crippen LogP contribution >= 0.6 is 0 Å². The molecule has 0 amide bonds. The van der Waals surface area contributed by atoms with E-state index >= 15 is 0 Å². The molecular weight excluding hydrogens is 452 g/mol. The predicted molar refractivity (Wildman–Crippen MR) is 131 cm³/mol. The number of benzene rings is 2. The Kier molecular flexibility index (Phi) is 6.51. The molecule has 2 aromatic heterocycles. The summed E-state index contributed by atoms with van der Waals surface area (Å²) in [4.78, 5) is 24.5. The van der Waals surface area contributed by atoms with Crippen molar-refractivity contribution in [1.29, 1.82) is 0 Å². The summed E-state index contributed by atoms with van der Waals surface area (Å²) in [5.41, 5.74) is 1.57. The highest BCUT2D eigenvalue weighted by atomic mass is 32.2. The Hall–Kier alpha value is -4.31. The molecule has 0 saturated heterocycles. The van der Waals surface area contributed by atoms with E-state index in [2.05, 4.69) is 30.3 Å². The molecule has 2 aromatic carbocycles. The number of hydrogen-bond donors (Lipinski definition) is 3. The van der Waals surface area contributed by atoms with Crippen molar-refractivity contribution < 1.29 is 13.2 Å². The van der Waals surface area contributed by atoms with Gasteiger partial charge in [-0.05, 0) is 62.4 Å². The van der Waals surface area contributed by atoms with Gasteiger partial charge in [0.05, 0.1) is 4.90 Å². The second-order valence-corrected chi connectivity index (χ2v) is 9.10. The van der Waals surface area contributed by atoms with Crippen molar-refractivity contribution in [2.24, 2.45) is 0 Å². The van der Waals surface area contributed by atoms with E-state index in [4.69, 9.17) is 0 Å². The van der Waals surface area contributed by atoms with Gasteiger partial charge < -0.3 is 10.6 Å². The van der Waals surface area contributed by atoms with Crippen LogP contribution in [0.4, 0.5) is 28.8 Å². The molecule has 172 valence electrons. The van der Waals surface area contributed by atoms with E-state index in [9.17, 15) is 13.2 Å². The quantitative estimate of drug-likeness (QED) is 0.315. The molecule has 0 saturated carbocycles. The van der Waals surface area contributed by atoms with Crippen LogP contribution in [-0.2, 0) is 10.0 Å². The third-order valence-electron chi connectivity index (χ3n) is 4.74. The number of carbonyl (C=O) groups excluding carboxylic acids is 1. The molecule has 0 atom stereocenters. The normalized spacial score (nSPS) is 11.0. The molecule has 0 aliphatic carbocycles. The molecule has 4 rings (SSSR count). The summed E-state index contributed by atoms with van der Waals surface area (Å²) in [7, 11) is -3.79. The van der Waals surface area contributed by atoms with Crippen LogP contribution < -0.4 is 15.4 Å². The SMILES string of the molecule is CC(=O)c1ccc(S(=O)(=O)Nc2ccc(Nc3cc(Nc4ccccn4)nc(C)n3)cc2)cc1. The maximum atomic E-state index is 12.6. The first-order valence-electron chi connectivity index (χ1n) is 10.3. The summed E-state index contributed by atoms with van der Waals surface area (Å²) >= 11 is 0. The van der Waals surface area contributed by atoms with Crippen LogP contribution in [-0.4, -0.2) is 29.2 Å². The van der Waals surface area contributed by atoms with Gasteiger partial charge in [0.25, 0.3) is 10.0 Å². The molecule has 9 nitrogen and oxygen atoms in total. The summed E-state index contributed by atoms with van der Waals surface area (Å²) in [6.07, 6.45) is 1.69. The van der Waals surface area contributed by atoms with Gasteiger partial charge in [-0.1, -0.05) is 18.2 Å². The lowest BCUT2D eigenvalue weighted by Crippen LogP contribution is -2.13. The summed E-state index contributed by atoms with van der Waals surface area (Å²) < 4.78 is 27.8. The van der Waals surface area contributed by atoms with Crippen molar-refractivity contribution in [3.8, 4) is 0 Å². The fraction of sp³-hybridized carbons (Fsp3) is 0.0833. The van der Waals surface area contributed by atoms with E-state index in [1.54, 1.807) is 43.5 Å². The van der Waals surface area contributed by atoms with Crippen molar-refractivity contribution in [1.82, 2.24) is 15.0 Å². The van der Waals surface area contributed by atoms with Gasteiger partial charge >= 0.3 is 0 Å². The van der Waals surface area contributed by atoms with Gasteiger partial charge in [-0.3, -0.25) is 9.52 Å². The van der Waals surface area contributed by atoms with Gasteiger partial charge in [0.1, 0.15) is 23.3 Å². The van der Waals surface area contributed by atoms with E-state index < -0.39 is 10.0 Å². The molecule has 0 unspecified atom stereocenters. The lowest BCUT2D eigenvalue weighted by molar-refractivity contribution is 0.101. The molecule has 4 aromatic rings. The average molecular weight is 475 g/mol. The first-order valence-corrected chi connectivity index (χ1v) is 11.8. The predicted octanol–water partition coefficient (Wildman–Crippen LogP) is 4.67. The van der Waals surface area contributed by atoms with E-state index in [-0.39, 0.29) is 10.7 Å². The van der Waals surface area contributed by atoms with Crippen molar-refractivity contribution in [3.63, 3.8) is 0 Å². The van der Waals surface area contributed by atoms with Gasteiger partial charge in [0.15, 0.2) is 5.78 Å². The molecule has 3 N–H and O–H groups in total. The summed E-state index contributed by atoms with van der Waals surface area (Å²) in [6.45, 7) is 3.22. The maximum Gasteiger partial charge on any atom is 0.261 e. The minimum Gasteiger partial charge on any atom is -0.340 e. The lowest BCUT2D eigenvalue weighted by atomic mass is 10.2. The molecule has 0 radical (unpaired) electrons. The number of nitrogens with zero attached hydrogens (tertiary/aromatic N) is 3. The highest BCUT2D eigenvalue weighted by Crippen LogP contribution is 2.22. The number of ketones is 1. The molecule has 0 aliphatic rings. The van der Waals surface area contributed by atoms with Crippen LogP contribution in [0.25, 0.3) is 0 Å². The first kappa shape index (κ1) is 22.9. The number of rotatable bonds is 8. The Morgan fingerprint density at radius 1 is 0.794 bits per heavy atom. The van der Waals surface area contributed by atoms with E-state index in [0.717, 1.165) is 5.69 Å². The fourth-order valence-corrected chi connectivity index (χ4v) is 4.17. The Balaban J connectivity index is 1.45. The van der Waals surface area contributed by atoms with Gasteiger partial charge in [0.2, 0.25) is 0 Å². The van der Waals surface area contributed by atoms with Crippen molar-refractivity contribution in [2.45, 2.75) is 18.7 Å². The van der Waals surface area contributed by atoms with Crippen molar-refractivity contribution >= 4 is 44.6 Å². The summed E-state index contributed by atoms with van der Waals surface area (Å²) in [6, 6.07) is 19.8. The monoisotopic (exact) mass is 474 g/mol. The number of aromatic nitrogens is 3. The number of anilines is 5. The molecule has 0 fully saturated rings. The minimum atomic E-state index is -3.79. The first-order chi connectivity index (χ1) is 16.3. The number of aryl methyl sites for hydroxylation is 1. The van der Waals surface area contributed by atoms with Crippen LogP contribution in [0, 0.1) is 6.92 Å². The van der Waals surface area contributed by atoms with Crippen LogP contribution in [0.15, 0.2) is 83.9 Å². The summed E-state index contributed by atoms with van der Waals surface area (Å²) in [5.74, 6) is 2.28. The van der Waals surface area contributed by atoms with Gasteiger partial charge in [-0.15, -0.1) is 0 Å². The largest absolute Gasteiger partial charge is 0.340 e. The number of hydrogen-bond acceptors (Lipinski definition) is 8. The molecule has 10 heteroatoms. The zero-order valence-electron chi connectivity index (χ0n) is 18.5. The number of Topliss-reactive ketones (excluding diaryl/α,β-unsaturated/α-hetero) is 1. The Morgan fingerprint density at radius 2 is 1.44 bits per heavy atom. The standard InChI is InChI=1S/C24H22N6O3S/c1-16(31)18-6-12-21(13-7-18)34(32,33)30-20-10-8-19(9-11-20)28-23-15-24(27-17(2)26-23)29-22-5-3-4-14-25-22/h3-15,30H,1-2H3,(H2,25,26,27,28,29). The van der Waals surface area contributed by atoms with Gasteiger partial charge in [0, 0.05) is 29.2 Å². The van der Waals surface area contributed by atoms with Crippen LogP contribution in [0.2, 0.25) is 0 Å². The lowest BCUT2D eigenvalue weighted by Gasteiger charge is -2.11. The van der Waals surface area contributed by atoms with Gasteiger partial charge in [-0.25, -0.2) is 23.4 Å². The maximum absolute atomic E-state index is 12.6. The fourth-order valence-electron chi connectivity index (χ4n) is 3.12. The minimum absolute atomic E-state index is 0.0732. The number of nitrogens with one attached hydrogen (secondary N) is 3. The van der Waals surface area contributed by atoms with Gasteiger partial charge in [-0.2, -0.15) is 0 Å². The Bertz CT molecular complexity index is 1410. The molecule has 0 aliphatic heterocycles. The molecule has 0 spiro atoms. The van der Waals surface area contributed by atoms with Crippen molar-refractivity contribution in [2.75, 3.05) is 15.4 Å². The number of sulfonamides is 1. The molecular formula is C24H22N6O3S. The van der Waals surface area contributed by atoms with Crippen LogP contribution in [0.1, 0.15) is 23.1 Å². The van der Waals surface area contributed by atoms with Crippen LogP contribution in [0.5, 0.6) is 0 Å². The highest BCUT2D eigenvalue weighted by molar-refractivity contribution is 7.92. The molecule has 0 bridgehead atoms. The van der Waals surface area contributed by atoms with Crippen LogP contribution in [0.3, 0.4) is 0 Å².